The summed E-state index contributed by atoms with van der Waals surface area (Å²) >= 11 is 1.71. The van der Waals surface area contributed by atoms with Crippen LogP contribution in [0.2, 0.25) is 0 Å². The fourth-order valence-corrected chi connectivity index (χ4v) is 3.15. The smallest absolute Gasteiger partial charge is 0.251 e. The Balaban J connectivity index is 1.81. The number of rotatable bonds is 8. The highest BCUT2D eigenvalue weighted by atomic mass is 32.1. The minimum absolute atomic E-state index is 0.0287. The van der Waals surface area contributed by atoms with Gasteiger partial charge in [-0.1, -0.05) is 18.2 Å². The minimum atomic E-state index is -0.220. The van der Waals surface area contributed by atoms with E-state index in [9.17, 15) is 9.59 Å². The predicted octanol–water partition coefficient (Wildman–Crippen LogP) is 2.29. The fraction of sp³-hybridized carbons (Fsp3) is 0.368. The van der Waals surface area contributed by atoms with Gasteiger partial charge < -0.3 is 10.6 Å². The quantitative estimate of drug-likeness (QED) is 0.760. The summed E-state index contributed by atoms with van der Waals surface area (Å²) in [5.74, 6) is -0.0700. The van der Waals surface area contributed by atoms with Crippen molar-refractivity contribution in [1.82, 2.24) is 15.5 Å². The Hall–Kier alpha value is -2.18. The van der Waals surface area contributed by atoms with Crippen LogP contribution < -0.4 is 10.6 Å². The van der Waals surface area contributed by atoms with Gasteiger partial charge in [0.05, 0.1) is 6.04 Å². The van der Waals surface area contributed by atoms with Gasteiger partial charge in [0.2, 0.25) is 5.91 Å². The van der Waals surface area contributed by atoms with Crippen molar-refractivity contribution in [1.29, 1.82) is 0 Å². The average Bonchev–Trinajstić information content (AvgIpc) is 3.14. The summed E-state index contributed by atoms with van der Waals surface area (Å²) in [4.78, 5) is 27.1. The van der Waals surface area contributed by atoms with Gasteiger partial charge >= 0.3 is 0 Å². The van der Waals surface area contributed by atoms with Crippen LogP contribution in [0.4, 0.5) is 0 Å². The molecular formula is C19H25N3O2S. The second kappa shape index (κ2) is 9.34. The van der Waals surface area contributed by atoms with Gasteiger partial charge in [0.1, 0.15) is 0 Å². The molecule has 0 saturated heterocycles. The van der Waals surface area contributed by atoms with Gasteiger partial charge in [-0.3, -0.25) is 14.5 Å². The molecule has 1 aromatic heterocycles. The van der Waals surface area contributed by atoms with E-state index in [1.165, 1.54) is 4.88 Å². The van der Waals surface area contributed by atoms with Crippen molar-refractivity contribution >= 4 is 23.2 Å². The number of thiophene rings is 1. The van der Waals surface area contributed by atoms with Crippen LogP contribution in [-0.4, -0.2) is 43.4 Å². The molecule has 6 heteroatoms. The molecular weight excluding hydrogens is 334 g/mol. The fourth-order valence-electron chi connectivity index (χ4n) is 2.44. The van der Waals surface area contributed by atoms with Gasteiger partial charge in [0.25, 0.3) is 5.91 Å². The van der Waals surface area contributed by atoms with E-state index in [0.29, 0.717) is 18.7 Å². The Morgan fingerprint density at radius 3 is 2.52 bits per heavy atom. The Morgan fingerprint density at radius 1 is 1.20 bits per heavy atom. The maximum Gasteiger partial charge on any atom is 0.251 e. The zero-order valence-corrected chi connectivity index (χ0v) is 15.7. The molecule has 5 nitrogen and oxygen atoms in total. The number of hydrogen-bond acceptors (Lipinski definition) is 4. The molecule has 0 radical (unpaired) electrons. The van der Waals surface area contributed by atoms with E-state index >= 15 is 0 Å². The molecule has 0 saturated carbocycles. The second-order valence-electron chi connectivity index (χ2n) is 5.99. The lowest BCUT2D eigenvalue weighted by Crippen LogP contribution is -2.43. The van der Waals surface area contributed by atoms with Crippen LogP contribution in [0.5, 0.6) is 0 Å². The summed E-state index contributed by atoms with van der Waals surface area (Å²) in [6.45, 7) is 3.20. The average molecular weight is 359 g/mol. The van der Waals surface area contributed by atoms with Crippen LogP contribution >= 0.6 is 11.3 Å². The molecule has 2 aromatic rings. The maximum atomic E-state index is 12.3. The summed E-state index contributed by atoms with van der Waals surface area (Å²) in [5, 5.41) is 7.64. The van der Waals surface area contributed by atoms with Crippen LogP contribution in [0.25, 0.3) is 0 Å². The van der Waals surface area contributed by atoms with Gasteiger partial charge in [0, 0.05) is 30.6 Å². The number of hydrogen-bond donors (Lipinski definition) is 2. The van der Waals surface area contributed by atoms with Crippen molar-refractivity contribution in [3.8, 4) is 0 Å². The lowest BCUT2D eigenvalue weighted by atomic mass is 10.1. The van der Waals surface area contributed by atoms with Gasteiger partial charge in [-0.25, -0.2) is 0 Å². The summed E-state index contributed by atoms with van der Waals surface area (Å²) in [6, 6.07) is 11.3. The summed E-state index contributed by atoms with van der Waals surface area (Å²) < 4.78 is 0. The number of carbonyl (C=O) groups excluding carboxylic acids is 2. The van der Waals surface area contributed by atoms with Crippen LogP contribution in [0, 0.1) is 0 Å². The molecule has 0 aliphatic heterocycles. The summed E-state index contributed by atoms with van der Waals surface area (Å²) in [6.07, 6.45) is 0.862. The van der Waals surface area contributed by atoms with E-state index in [2.05, 4.69) is 16.7 Å². The second-order valence-corrected chi connectivity index (χ2v) is 7.02. The van der Waals surface area contributed by atoms with Crippen LogP contribution in [0.3, 0.4) is 0 Å². The van der Waals surface area contributed by atoms with Crippen molar-refractivity contribution < 1.29 is 9.59 Å². The third-order valence-electron chi connectivity index (χ3n) is 4.17. The molecule has 1 atom stereocenters. The standard InChI is InChI=1S/C19H25N3O2S/c1-14(18(23)21-11-10-17-5-4-12-25-17)22(3)13-15-6-8-16(9-7-15)19(24)20-2/h4-9,12,14H,10-11,13H2,1-3H3,(H,20,24)(H,21,23)/t14-/m0/s1. The Bertz CT molecular complexity index is 683. The number of nitrogens with zero attached hydrogens (tertiary/aromatic N) is 1. The molecule has 0 unspecified atom stereocenters. The number of nitrogens with one attached hydrogen (secondary N) is 2. The largest absolute Gasteiger partial charge is 0.355 e. The number of likely N-dealkylation sites (N-methyl/N-ethyl adjacent to an activating group) is 1. The minimum Gasteiger partial charge on any atom is -0.355 e. The first-order valence-electron chi connectivity index (χ1n) is 8.32. The van der Waals surface area contributed by atoms with Crippen molar-refractivity contribution in [2.75, 3.05) is 20.6 Å². The zero-order chi connectivity index (χ0) is 18.2. The van der Waals surface area contributed by atoms with Gasteiger partial charge in [-0.2, -0.15) is 0 Å². The summed E-state index contributed by atoms with van der Waals surface area (Å²) in [7, 11) is 3.54. The molecule has 0 spiro atoms. The molecule has 134 valence electrons. The highest BCUT2D eigenvalue weighted by Crippen LogP contribution is 2.10. The third kappa shape index (κ3) is 5.69. The normalized spacial score (nSPS) is 12.0. The van der Waals surface area contributed by atoms with Crippen molar-refractivity contribution in [2.24, 2.45) is 0 Å². The topological polar surface area (TPSA) is 61.4 Å². The van der Waals surface area contributed by atoms with E-state index in [4.69, 9.17) is 0 Å². The first-order valence-corrected chi connectivity index (χ1v) is 9.20. The SMILES string of the molecule is CNC(=O)c1ccc(CN(C)[C@@H](C)C(=O)NCCc2cccs2)cc1. The van der Waals surface area contributed by atoms with Crippen LogP contribution in [-0.2, 0) is 17.8 Å². The molecule has 1 heterocycles. The van der Waals surface area contributed by atoms with E-state index in [0.717, 1.165) is 12.0 Å². The van der Waals surface area contributed by atoms with E-state index in [1.807, 2.05) is 42.5 Å². The molecule has 25 heavy (non-hydrogen) atoms. The van der Waals surface area contributed by atoms with Gasteiger partial charge in [0.15, 0.2) is 0 Å². The zero-order valence-electron chi connectivity index (χ0n) is 14.9. The van der Waals surface area contributed by atoms with E-state index in [-0.39, 0.29) is 17.9 Å². The van der Waals surface area contributed by atoms with Crippen molar-refractivity contribution in [2.45, 2.75) is 25.9 Å². The Morgan fingerprint density at radius 2 is 1.92 bits per heavy atom. The third-order valence-corrected chi connectivity index (χ3v) is 5.10. The molecule has 0 bridgehead atoms. The molecule has 2 N–H and O–H groups in total. The molecule has 1 aromatic carbocycles. The first kappa shape index (κ1) is 19.1. The van der Waals surface area contributed by atoms with Crippen LogP contribution in [0.15, 0.2) is 41.8 Å². The molecule has 2 amide bonds. The predicted molar refractivity (Wildman–Crippen MR) is 102 cm³/mol. The number of carbonyl (C=O) groups is 2. The Labute approximate surface area is 153 Å². The lowest BCUT2D eigenvalue weighted by molar-refractivity contribution is -0.125. The number of amides is 2. The molecule has 0 fully saturated rings. The van der Waals surface area contributed by atoms with E-state index < -0.39 is 0 Å². The molecule has 0 aliphatic carbocycles. The van der Waals surface area contributed by atoms with E-state index in [1.54, 1.807) is 30.5 Å². The Kier molecular flexibility index (Phi) is 7.16. The monoisotopic (exact) mass is 359 g/mol. The lowest BCUT2D eigenvalue weighted by Gasteiger charge is -2.24. The van der Waals surface area contributed by atoms with Gasteiger partial charge in [-0.15, -0.1) is 11.3 Å². The summed E-state index contributed by atoms with van der Waals surface area (Å²) in [5.41, 5.74) is 1.70. The maximum absolute atomic E-state index is 12.3. The first-order chi connectivity index (χ1) is 12.0. The van der Waals surface area contributed by atoms with Crippen molar-refractivity contribution in [3.63, 3.8) is 0 Å². The van der Waals surface area contributed by atoms with Gasteiger partial charge in [-0.05, 0) is 49.5 Å². The highest BCUT2D eigenvalue weighted by molar-refractivity contribution is 7.09. The molecule has 0 aliphatic rings. The van der Waals surface area contributed by atoms with Crippen molar-refractivity contribution in [3.05, 3.63) is 57.8 Å². The van der Waals surface area contributed by atoms with Crippen LogP contribution in [0.1, 0.15) is 27.7 Å². The number of benzene rings is 1. The molecule has 2 rings (SSSR count). The highest BCUT2D eigenvalue weighted by Gasteiger charge is 2.17.